The van der Waals surface area contributed by atoms with Crippen LogP contribution in [0.25, 0.3) is 10.8 Å². The number of methoxy groups -OCH3 is 1. The number of hydrogen-bond donors (Lipinski definition) is 1. The van der Waals surface area contributed by atoms with Crippen LogP contribution in [0.1, 0.15) is 21.5 Å². The quantitative estimate of drug-likeness (QED) is 0.427. The number of amides is 1. The summed E-state index contributed by atoms with van der Waals surface area (Å²) in [5, 5.41) is 5.30. The van der Waals surface area contributed by atoms with E-state index in [1.54, 1.807) is 36.4 Å². The molecule has 0 spiro atoms. The molecule has 1 aliphatic rings. The molecule has 0 atom stereocenters. The predicted octanol–water partition coefficient (Wildman–Crippen LogP) is 5.02. The van der Waals surface area contributed by atoms with Gasteiger partial charge in [-0.3, -0.25) is 9.10 Å². The summed E-state index contributed by atoms with van der Waals surface area (Å²) in [6, 6.07) is 23.0. The molecule has 0 saturated heterocycles. The molecule has 0 saturated carbocycles. The van der Waals surface area contributed by atoms with E-state index < -0.39 is 10.0 Å². The van der Waals surface area contributed by atoms with Crippen LogP contribution < -0.4 is 14.4 Å². The van der Waals surface area contributed by atoms with Crippen LogP contribution in [-0.4, -0.2) is 28.5 Å². The summed E-state index contributed by atoms with van der Waals surface area (Å²) in [6.07, 6.45) is 2.05. The normalized spacial score (nSPS) is 12.5. The van der Waals surface area contributed by atoms with Crippen LogP contribution in [-0.2, 0) is 22.9 Å². The third kappa shape index (κ3) is 3.78. The second-order valence-corrected chi connectivity index (χ2v) is 10.2. The van der Waals surface area contributed by atoms with Crippen LogP contribution in [0.15, 0.2) is 83.8 Å². The number of anilines is 2. The Bertz CT molecular complexity index is 1480. The third-order valence-corrected chi connectivity index (χ3v) is 8.14. The molecular weight excluding hydrogens is 448 g/mol. The number of benzene rings is 4. The van der Waals surface area contributed by atoms with E-state index in [-0.39, 0.29) is 10.8 Å². The van der Waals surface area contributed by atoms with Gasteiger partial charge in [-0.1, -0.05) is 24.3 Å². The van der Waals surface area contributed by atoms with Crippen molar-refractivity contribution < 1.29 is 17.9 Å². The Morgan fingerprint density at radius 1 is 0.882 bits per heavy atom. The smallest absolute Gasteiger partial charge is 0.264 e. The van der Waals surface area contributed by atoms with Gasteiger partial charge < -0.3 is 10.1 Å². The van der Waals surface area contributed by atoms with Gasteiger partial charge >= 0.3 is 0 Å². The van der Waals surface area contributed by atoms with Crippen molar-refractivity contribution >= 4 is 38.1 Å². The summed E-state index contributed by atoms with van der Waals surface area (Å²) in [4.78, 5) is 13.1. The van der Waals surface area contributed by atoms with E-state index in [0.717, 1.165) is 23.9 Å². The maximum atomic E-state index is 13.0. The van der Waals surface area contributed by atoms with E-state index in [2.05, 4.69) is 17.4 Å². The first-order valence-electron chi connectivity index (χ1n) is 11.0. The second kappa shape index (κ2) is 8.50. The van der Waals surface area contributed by atoms with E-state index in [0.29, 0.717) is 17.0 Å². The summed E-state index contributed by atoms with van der Waals surface area (Å²) < 4.78 is 32.3. The summed E-state index contributed by atoms with van der Waals surface area (Å²) in [6.45, 7) is 0. The molecule has 7 heteroatoms. The van der Waals surface area contributed by atoms with Crippen molar-refractivity contribution in [3.05, 3.63) is 95.6 Å². The molecule has 0 heterocycles. The molecule has 0 aromatic heterocycles. The first kappa shape index (κ1) is 22.0. The Morgan fingerprint density at radius 3 is 2.24 bits per heavy atom. The van der Waals surface area contributed by atoms with Crippen LogP contribution in [0.3, 0.4) is 0 Å². The summed E-state index contributed by atoms with van der Waals surface area (Å²) in [5.41, 5.74) is 4.30. The van der Waals surface area contributed by atoms with Crippen LogP contribution in [0.5, 0.6) is 5.75 Å². The van der Waals surface area contributed by atoms with Gasteiger partial charge in [0, 0.05) is 23.7 Å². The molecular formula is C27H24N2O4S. The van der Waals surface area contributed by atoms with Crippen molar-refractivity contribution in [3.8, 4) is 5.75 Å². The minimum atomic E-state index is -3.75. The summed E-state index contributed by atoms with van der Waals surface area (Å²) >= 11 is 0. The Hall–Kier alpha value is -3.84. The van der Waals surface area contributed by atoms with Gasteiger partial charge in [0.2, 0.25) is 0 Å². The number of rotatable bonds is 6. The number of hydrogen-bond acceptors (Lipinski definition) is 4. The van der Waals surface area contributed by atoms with Crippen LogP contribution in [0.2, 0.25) is 0 Å². The highest BCUT2D eigenvalue weighted by Crippen LogP contribution is 2.35. The minimum Gasteiger partial charge on any atom is -0.497 e. The van der Waals surface area contributed by atoms with Gasteiger partial charge in [0.25, 0.3) is 15.9 Å². The third-order valence-electron chi connectivity index (χ3n) is 6.34. The van der Waals surface area contributed by atoms with E-state index in [4.69, 9.17) is 4.74 Å². The van der Waals surface area contributed by atoms with E-state index in [1.165, 1.54) is 47.1 Å². The van der Waals surface area contributed by atoms with Crippen molar-refractivity contribution in [1.82, 2.24) is 0 Å². The highest BCUT2D eigenvalue weighted by molar-refractivity contribution is 7.92. The maximum Gasteiger partial charge on any atom is 0.264 e. The Kier molecular flexibility index (Phi) is 5.49. The standard InChI is InChI=1S/C27H24N2O4S/c1-29(34(31,32)23-15-13-22(33-2)14-16-23)21-11-8-20(9-12-21)27(30)28-25-17-10-19-7-6-18-4-3-5-24(25)26(18)19/h3-5,8-17H,6-7H2,1-2H3,(H,28,30). The fourth-order valence-electron chi connectivity index (χ4n) is 4.42. The van der Waals surface area contributed by atoms with Gasteiger partial charge in [0.1, 0.15) is 5.75 Å². The molecule has 4 aromatic carbocycles. The summed E-state index contributed by atoms with van der Waals surface area (Å²) in [7, 11) is -0.734. The fourth-order valence-corrected chi connectivity index (χ4v) is 5.61. The largest absolute Gasteiger partial charge is 0.497 e. The van der Waals surface area contributed by atoms with Crippen LogP contribution in [0.4, 0.5) is 11.4 Å². The van der Waals surface area contributed by atoms with Crippen LogP contribution >= 0.6 is 0 Å². The number of carbonyl (C=O) groups excluding carboxylic acids is 1. The molecule has 34 heavy (non-hydrogen) atoms. The SMILES string of the molecule is COc1ccc(S(=O)(=O)N(C)c2ccc(C(=O)Nc3ccc4c5c(cccc35)CC4)cc2)cc1. The van der Waals surface area contributed by atoms with E-state index in [9.17, 15) is 13.2 Å². The Labute approximate surface area is 198 Å². The van der Waals surface area contributed by atoms with Crippen molar-refractivity contribution in [1.29, 1.82) is 0 Å². The number of nitrogens with one attached hydrogen (secondary N) is 1. The number of ether oxygens (including phenoxy) is 1. The van der Waals surface area contributed by atoms with Crippen molar-refractivity contribution in [2.75, 3.05) is 23.8 Å². The zero-order valence-corrected chi connectivity index (χ0v) is 19.7. The van der Waals surface area contributed by atoms with E-state index >= 15 is 0 Å². The van der Waals surface area contributed by atoms with Gasteiger partial charge in [-0.15, -0.1) is 0 Å². The number of nitrogens with zero attached hydrogens (tertiary/aromatic N) is 1. The van der Waals surface area contributed by atoms with Crippen molar-refractivity contribution in [3.63, 3.8) is 0 Å². The fraction of sp³-hybridized carbons (Fsp3) is 0.148. The van der Waals surface area contributed by atoms with Gasteiger partial charge in [0.05, 0.1) is 17.7 Å². The zero-order valence-electron chi connectivity index (χ0n) is 18.9. The second-order valence-electron chi connectivity index (χ2n) is 8.26. The van der Waals surface area contributed by atoms with Crippen molar-refractivity contribution in [2.24, 2.45) is 0 Å². The highest BCUT2D eigenvalue weighted by atomic mass is 32.2. The predicted molar refractivity (Wildman–Crippen MR) is 134 cm³/mol. The Morgan fingerprint density at radius 2 is 1.56 bits per heavy atom. The lowest BCUT2D eigenvalue weighted by Crippen LogP contribution is -2.26. The molecule has 172 valence electrons. The van der Waals surface area contributed by atoms with Gasteiger partial charge in [0.15, 0.2) is 0 Å². The van der Waals surface area contributed by atoms with Crippen LogP contribution in [0, 0.1) is 0 Å². The van der Waals surface area contributed by atoms with Gasteiger partial charge in [-0.2, -0.15) is 0 Å². The molecule has 5 rings (SSSR count). The minimum absolute atomic E-state index is 0.157. The lowest BCUT2D eigenvalue weighted by Gasteiger charge is -2.20. The monoisotopic (exact) mass is 472 g/mol. The summed E-state index contributed by atoms with van der Waals surface area (Å²) in [5.74, 6) is 0.336. The highest BCUT2D eigenvalue weighted by Gasteiger charge is 2.22. The topological polar surface area (TPSA) is 75.7 Å². The lowest BCUT2D eigenvalue weighted by atomic mass is 10.0. The van der Waals surface area contributed by atoms with Gasteiger partial charge in [-0.05, 0) is 84.0 Å². The molecule has 4 aromatic rings. The molecule has 6 nitrogen and oxygen atoms in total. The number of aryl methyl sites for hydroxylation is 2. The molecule has 0 unspecified atom stereocenters. The first-order chi connectivity index (χ1) is 16.4. The average Bonchev–Trinajstić information content (AvgIpc) is 3.30. The molecule has 1 amide bonds. The molecule has 0 fully saturated rings. The Balaban J connectivity index is 1.36. The molecule has 0 aliphatic heterocycles. The number of carbonyl (C=O) groups is 1. The maximum absolute atomic E-state index is 13.0. The zero-order chi connectivity index (χ0) is 23.9. The van der Waals surface area contributed by atoms with Gasteiger partial charge in [-0.25, -0.2) is 8.42 Å². The molecule has 1 aliphatic carbocycles. The molecule has 0 radical (unpaired) electrons. The molecule has 0 bridgehead atoms. The lowest BCUT2D eigenvalue weighted by molar-refractivity contribution is 0.102. The first-order valence-corrected chi connectivity index (χ1v) is 12.4. The number of sulfonamides is 1. The average molecular weight is 473 g/mol. The molecule has 1 N–H and O–H groups in total. The van der Waals surface area contributed by atoms with Crippen molar-refractivity contribution in [2.45, 2.75) is 17.7 Å². The van der Waals surface area contributed by atoms with E-state index in [1.807, 2.05) is 18.2 Å².